The minimum Gasteiger partial charge on any atom is -0.494 e. The molecular weight excluding hydrogens is 287 g/mol. The molecule has 0 bridgehead atoms. The van der Waals surface area contributed by atoms with E-state index in [0.717, 1.165) is 10.6 Å². The van der Waals surface area contributed by atoms with Crippen LogP contribution in [-0.4, -0.2) is 18.6 Å². The number of halogens is 1. The lowest BCUT2D eigenvalue weighted by molar-refractivity contribution is 0.0993. The highest BCUT2D eigenvalue weighted by Crippen LogP contribution is 2.20. The predicted molar refractivity (Wildman–Crippen MR) is 83.8 cm³/mol. The number of carbonyl (C=O) groups is 1. The van der Waals surface area contributed by atoms with Gasteiger partial charge in [0.1, 0.15) is 0 Å². The van der Waals surface area contributed by atoms with E-state index in [1.165, 1.54) is 13.2 Å². The van der Waals surface area contributed by atoms with Crippen molar-refractivity contribution >= 4 is 17.5 Å². The average Bonchev–Trinajstić information content (AvgIpc) is 2.48. The summed E-state index contributed by atoms with van der Waals surface area (Å²) in [5.41, 5.74) is 1.29. The molecule has 0 aliphatic heterocycles. The summed E-state index contributed by atoms with van der Waals surface area (Å²) in [4.78, 5) is 13.3. The topological polar surface area (TPSA) is 26.3 Å². The quantitative estimate of drug-likeness (QED) is 0.585. The number of carbonyl (C=O) groups excluding carboxylic acids is 1. The van der Waals surface area contributed by atoms with Crippen LogP contribution in [-0.2, 0) is 6.42 Å². The molecule has 0 radical (unpaired) electrons. The van der Waals surface area contributed by atoms with E-state index in [4.69, 9.17) is 4.74 Å². The summed E-state index contributed by atoms with van der Waals surface area (Å²) in [7, 11) is 1.42. The molecule has 0 unspecified atom stereocenters. The van der Waals surface area contributed by atoms with Crippen LogP contribution in [0, 0.1) is 5.82 Å². The third kappa shape index (κ3) is 4.08. The SMILES string of the molecule is CCSc1ccc(C(=O)Cc2ccc(OC)c(F)c2)cc1. The second-order valence-electron chi connectivity index (χ2n) is 4.53. The first kappa shape index (κ1) is 15.6. The first-order chi connectivity index (χ1) is 10.1. The van der Waals surface area contributed by atoms with Gasteiger partial charge in [-0.1, -0.05) is 25.1 Å². The largest absolute Gasteiger partial charge is 0.494 e. The zero-order valence-corrected chi connectivity index (χ0v) is 12.9. The lowest BCUT2D eigenvalue weighted by Gasteiger charge is -2.06. The molecule has 0 aliphatic carbocycles. The molecule has 0 spiro atoms. The Hall–Kier alpha value is -1.81. The van der Waals surface area contributed by atoms with Crippen LogP contribution < -0.4 is 4.74 Å². The van der Waals surface area contributed by atoms with Gasteiger partial charge in [0.2, 0.25) is 0 Å². The van der Waals surface area contributed by atoms with E-state index < -0.39 is 5.82 Å². The normalized spacial score (nSPS) is 10.4. The Labute approximate surface area is 128 Å². The van der Waals surface area contributed by atoms with Gasteiger partial charge in [-0.15, -0.1) is 11.8 Å². The van der Waals surface area contributed by atoms with Gasteiger partial charge in [-0.3, -0.25) is 4.79 Å². The number of ether oxygens (including phenoxy) is 1. The van der Waals surface area contributed by atoms with Crippen molar-refractivity contribution in [3.8, 4) is 5.75 Å². The van der Waals surface area contributed by atoms with Crippen LogP contribution >= 0.6 is 11.8 Å². The Morgan fingerprint density at radius 3 is 2.48 bits per heavy atom. The minimum atomic E-state index is -0.447. The summed E-state index contributed by atoms with van der Waals surface area (Å²) in [6.07, 6.45) is 0.182. The summed E-state index contributed by atoms with van der Waals surface area (Å²) >= 11 is 1.73. The summed E-state index contributed by atoms with van der Waals surface area (Å²) in [6.45, 7) is 2.09. The summed E-state index contributed by atoms with van der Waals surface area (Å²) < 4.78 is 18.5. The van der Waals surface area contributed by atoms with Crippen molar-refractivity contribution in [1.82, 2.24) is 0 Å². The second kappa shape index (κ2) is 7.27. The summed E-state index contributed by atoms with van der Waals surface area (Å²) in [6, 6.07) is 12.1. The van der Waals surface area contributed by atoms with E-state index in [0.29, 0.717) is 11.1 Å². The van der Waals surface area contributed by atoms with E-state index >= 15 is 0 Å². The molecule has 0 atom stereocenters. The van der Waals surface area contributed by atoms with E-state index in [1.54, 1.807) is 23.9 Å². The maximum absolute atomic E-state index is 13.6. The fourth-order valence-corrected chi connectivity index (χ4v) is 2.67. The molecule has 0 saturated carbocycles. The number of methoxy groups -OCH3 is 1. The standard InChI is InChI=1S/C17H17FO2S/c1-3-21-14-7-5-13(6-8-14)16(19)11-12-4-9-17(20-2)15(18)10-12/h4-10H,3,11H2,1-2H3. The molecule has 0 N–H and O–H groups in total. The highest BCUT2D eigenvalue weighted by atomic mass is 32.2. The smallest absolute Gasteiger partial charge is 0.167 e. The Bertz CT molecular complexity index is 623. The highest BCUT2D eigenvalue weighted by molar-refractivity contribution is 7.99. The van der Waals surface area contributed by atoms with Crippen molar-refractivity contribution in [3.05, 3.63) is 59.4 Å². The molecule has 0 aromatic heterocycles. The maximum Gasteiger partial charge on any atom is 0.167 e. The second-order valence-corrected chi connectivity index (χ2v) is 5.86. The number of rotatable bonds is 6. The Morgan fingerprint density at radius 1 is 1.19 bits per heavy atom. The fraction of sp³-hybridized carbons (Fsp3) is 0.235. The average molecular weight is 304 g/mol. The molecule has 0 heterocycles. The van der Waals surface area contributed by atoms with Crippen molar-refractivity contribution in [1.29, 1.82) is 0 Å². The van der Waals surface area contributed by atoms with E-state index in [-0.39, 0.29) is 18.0 Å². The number of benzene rings is 2. The molecule has 2 nitrogen and oxygen atoms in total. The van der Waals surface area contributed by atoms with Crippen LogP contribution in [0.25, 0.3) is 0 Å². The molecule has 110 valence electrons. The fourth-order valence-electron chi connectivity index (χ4n) is 2.01. The molecule has 0 saturated heterocycles. The Kier molecular flexibility index (Phi) is 5.39. The monoisotopic (exact) mass is 304 g/mol. The van der Waals surface area contributed by atoms with Crippen molar-refractivity contribution in [3.63, 3.8) is 0 Å². The molecule has 4 heteroatoms. The predicted octanol–water partition coefficient (Wildman–Crippen LogP) is 4.37. The lowest BCUT2D eigenvalue weighted by Crippen LogP contribution is -2.04. The van der Waals surface area contributed by atoms with Gasteiger partial charge in [0.05, 0.1) is 7.11 Å². The highest BCUT2D eigenvalue weighted by Gasteiger charge is 2.10. The molecule has 21 heavy (non-hydrogen) atoms. The molecular formula is C17H17FO2S. The molecule has 2 rings (SSSR count). The van der Waals surface area contributed by atoms with Crippen LogP contribution in [0.4, 0.5) is 4.39 Å². The van der Waals surface area contributed by atoms with E-state index in [1.807, 2.05) is 24.3 Å². The van der Waals surface area contributed by atoms with Crippen LogP contribution in [0.3, 0.4) is 0 Å². The van der Waals surface area contributed by atoms with Gasteiger partial charge in [-0.2, -0.15) is 0 Å². The first-order valence-corrected chi connectivity index (χ1v) is 7.71. The molecule has 0 aliphatic rings. The van der Waals surface area contributed by atoms with Crippen molar-refractivity contribution in [2.24, 2.45) is 0 Å². The van der Waals surface area contributed by atoms with Crippen LogP contribution in [0.1, 0.15) is 22.8 Å². The van der Waals surface area contributed by atoms with Gasteiger partial charge in [0, 0.05) is 16.9 Å². The van der Waals surface area contributed by atoms with E-state index in [9.17, 15) is 9.18 Å². The van der Waals surface area contributed by atoms with Crippen LogP contribution in [0.15, 0.2) is 47.4 Å². The van der Waals surface area contributed by atoms with Gasteiger partial charge in [-0.25, -0.2) is 4.39 Å². The number of Topliss-reactive ketones (excluding diaryl/α,β-unsaturated/α-hetero) is 1. The van der Waals surface area contributed by atoms with Gasteiger partial charge in [0.25, 0.3) is 0 Å². The van der Waals surface area contributed by atoms with Crippen molar-refractivity contribution < 1.29 is 13.9 Å². The zero-order valence-electron chi connectivity index (χ0n) is 12.1. The number of ketones is 1. The summed E-state index contributed by atoms with van der Waals surface area (Å²) in [5.74, 6) is 0.718. The van der Waals surface area contributed by atoms with E-state index in [2.05, 4.69) is 6.92 Å². The van der Waals surface area contributed by atoms with Gasteiger partial charge in [0.15, 0.2) is 17.3 Å². The van der Waals surface area contributed by atoms with Crippen molar-refractivity contribution in [2.45, 2.75) is 18.2 Å². The minimum absolute atomic E-state index is 0.0207. The van der Waals surface area contributed by atoms with Crippen LogP contribution in [0.2, 0.25) is 0 Å². The Balaban J connectivity index is 2.08. The lowest BCUT2D eigenvalue weighted by atomic mass is 10.0. The van der Waals surface area contributed by atoms with Crippen molar-refractivity contribution in [2.75, 3.05) is 12.9 Å². The molecule has 2 aromatic rings. The van der Waals surface area contributed by atoms with Gasteiger partial charge < -0.3 is 4.74 Å². The van der Waals surface area contributed by atoms with Gasteiger partial charge in [-0.05, 0) is 35.6 Å². The third-order valence-electron chi connectivity index (χ3n) is 3.07. The number of thioether (sulfide) groups is 1. The Morgan fingerprint density at radius 2 is 1.90 bits per heavy atom. The molecule has 2 aromatic carbocycles. The maximum atomic E-state index is 13.6. The molecule has 0 amide bonds. The first-order valence-electron chi connectivity index (χ1n) is 6.72. The zero-order chi connectivity index (χ0) is 15.2. The summed E-state index contributed by atoms with van der Waals surface area (Å²) in [5, 5.41) is 0. The third-order valence-corrected chi connectivity index (χ3v) is 3.96. The number of hydrogen-bond donors (Lipinski definition) is 0. The number of hydrogen-bond acceptors (Lipinski definition) is 3. The van der Waals surface area contributed by atoms with Crippen LogP contribution in [0.5, 0.6) is 5.75 Å². The van der Waals surface area contributed by atoms with Gasteiger partial charge >= 0.3 is 0 Å². The molecule has 0 fully saturated rings.